The molecule has 3 aromatic rings. The van der Waals surface area contributed by atoms with Gasteiger partial charge >= 0.3 is 0 Å². The summed E-state index contributed by atoms with van der Waals surface area (Å²) in [6, 6.07) is 16.1. The SMILES string of the molecule is O=C(/C=C/c1cccc2cccnc12)NNC(=O)c1ccccc1Cl. The van der Waals surface area contributed by atoms with Crippen molar-refractivity contribution in [3.8, 4) is 0 Å². The number of nitrogens with zero attached hydrogens (tertiary/aromatic N) is 1. The number of pyridine rings is 1. The maximum Gasteiger partial charge on any atom is 0.271 e. The van der Waals surface area contributed by atoms with E-state index in [4.69, 9.17) is 11.6 Å². The van der Waals surface area contributed by atoms with Crippen molar-refractivity contribution in [2.24, 2.45) is 0 Å². The first kappa shape index (κ1) is 16.7. The molecule has 0 unspecified atom stereocenters. The molecule has 5 nitrogen and oxygen atoms in total. The number of hydrazine groups is 1. The lowest BCUT2D eigenvalue weighted by atomic mass is 10.1. The van der Waals surface area contributed by atoms with Gasteiger partial charge in [0.1, 0.15) is 0 Å². The fourth-order valence-electron chi connectivity index (χ4n) is 2.30. The van der Waals surface area contributed by atoms with Gasteiger partial charge in [-0.25, -0.2) is 0 Å². The highest BCUT2D eigenvalue weighted by Gasteiger charge is 2.09. The molecule has 1 aromatic heterocycles. The van der Waals surface area contributed by atoms with E-state index in [0.29, 0.717) is 5.02 Å². The Bertz CT molecular complexity index is 964. The molecule has 0 spiro atoms. The molecule has 2 aromatic carbocycles. The summed E-state index contributed by atoms with van der Waals surface area (Å²) in [4.78, 5) is 28.2. The molecule has 0 aliphatic rings. The molecule has 0 aliphatic heterocycles. The smallest absolute Gasteiger partial charge is 0.268 e. The molecule has 0 saturated heterocycles. The third kappa shape index (κ3) is 4.02. The minimum Gasteiger partial charge on any atom is -0.268 e. The Labute approximate surface area is 149 Å². The molecule has 6 heteroatoms. The average Bonchev–Trinajstić information content (AvgIpc) is 2.64. The Morgan fingerprint density at radius 3 is 2.60 bits per heavy atom. The minimum absolute atomic E-state index is 0.284. The normalized spacial score (nSPS) is 10.8. The highest BCUT2D eigenvalue weighted by Crippen LogP contribution is 2.17. The van der Waals surface area contributed by atoms with Gasteiger partial charge in [0.25, 0.3) is 11.8 Å². The molecular weight excluding hydrogens is 338 g/mol. The van der Waals surface area contributed by atoms with Crippen LogP contribution in [0.4, 0.5) is 0 Å². The number of rotatable bonds is 3. The van der Waals surface area contributed by atoms with Gasteiger partial charge in [-0.15, -0.1) is 0 Å². The number of hydrogen-bond donors (Lipinski definition) is 2. The molecule has 0 aliphatic carbocycles. The fourth-order valence-corrected chi connectivity index (χ4v) is 2.52. The second kappa shape index (κ2) is 7.59. The number of aromatic nitrogens is 1. The predicted octanol–water partition coefficient (Wildman–Crippen LogP) is 3.36. The summed E-state index contributed by atoms with van der Waals surface area (Å²) in [5, 5.41) is 1.30. The van der Waals surface area contributed by atoms with Crippen LogP contribution in [-0.4, -0.2) is 16.8 Å². The first-order valence-corrected chi connectivity index (χ1v) is 7.89. The van der Waals surface area contributed by atoms with Crippen molar-refractivity contribution in [1.29, 1.82) is 0 Å². The highest BCUT2D eigenvalue weighted by molar-refractivity contribution is 6.33. The zero-order chi connectivity index (χ0) is 17.6. The lowest BCUT2D eigenvalue weighted by molar-refractivity contribution is -0.117. The Hall–Kier alpha value is -3.18. The summed E-state index contributed by atoms with van der Waals surface area (Å²) in [5.41, 5.74) is 6.54. The van der Waals surface area contributed by atoms with Crippen LogP contribution in [0.3, 0.4) is 0 Å². The van der Waals surface area contributed by atoms with Gasteiger partial charge in [0, 0.05) is 23.2 Å². The lowest BCUT2D eigenvalue weighted by Gasteiger charge is -2.06. The number of benzene rings is 2. The van der Waals surface area contributed by atoms with E-state index in [-0.39, 0.29) is 5.56 Å². The zero-order valence-corrected chi connectivity index (χ0v) is 13.8. The van der Waals surface area contributed by atoms with Crippen molar-refractivity contribution < 1.29 is 9.59 Å². The fraction of sp³-hybridized carbons (Fsp3) is 0. The monoisotopic (exact) mass is 351 g/mol. The molecule has 2 amide bonds. The number of amides is 2. The molecule has 124 valence electrons. The van der Waals surface area contributed by atoms with Gasteiger partial charge in [-0.3, -0.25) is 25.4 Å². The molecule has 1 heterocycles. The molecule has 0 bridgehead atoms. The van der Waals surface area contributed by atoms with Crippen LogP contribution in [0.2, 0.25) is 5.02 Å². The van der Waals surface area contributed by atoms with Crippen molar-refractivity contribution in [3.63, 3.8) is 0 Å². The van der Waals surface area contributed by atoms with Crippen LogP contribution in [0.1, 0.15) is 15.9 Å². The van der Waals surface area contributed by atoms with Gasteiger partial charge in [-0.2, -0.15) is 0 Å². The summed E-state index contributed by atoms with van der Waals surface area (Å²) >= 11 is 5.94. The van der Waals surface area contributed by atoms with Crippen LogP contribution in [0, 0.1) is 0 Å². The predicted molar refractivity (Wildman–Crippen MR) is 97.8 cm³/mol. The quantitative estimate of drug-likeness (QED) is 0.561. The zero-order valence-electron chi connectivity index (χ0n) is 13.1. The Kier molecular flexibility index (Phi) is 5.06. The standard InChI is InChI=1S/C19H14ClN3O2/c20-16-9-2-1-8-15(16)19(25)23-22-17(24)11-10-14-6-3-5-13-7-4-12-21-18(13)14/h1-12H,(H,22,24)(H,23,25)/b11-10+. The van der Waals surface area contributed by atoms with Crippen molar-refractivity contribution in [2.45, 2.75) is 0 Å². The number of fused-ring (bicyclic) bond motifs is 1. The average molecular weight is 352 g/mol. The number of carbonyl (C=O) groups is 2. The Balaban J connectivity index is 1.65. The van der Waals surface area contributed by atoms with E-state index in [2.05, 4.69) is 15.8 Å². The Morgan fingerprint density at radius 1 is 0.960 bits per heavy atom. The first-order chi connectivity index (χ1) is 12.1. The molecule has 0 atom stereocenters. The number of carbonyl (C=O) groups excluding carboxylic acids is 2. The van der Waals surface area contributed by atoms with E-state index >= 15 is 0 Å². The van der Waals surface area contributed by atoms with Gasteiger partial charge < -0.3 is 0 Å². The molecule has 0 fully saturated rings. The van der Waals surface area contributed by atoms with Crippen molar-refractivity contribution in [2.75, 3.05) is 0 Å². The summed E-state index contributed by atoms with van der Waals surface area (Å²) in [6.45, 7) is 0. The Morgan fingerprint density at radius 2 is 1.76 bits per heavy atom. The van der Waals surface area contributed by atoms with Crippen LogP contribution in [-0.2, 0) is 4.79 Å². The van der Waals surface area contributed by atoms with E-state index in [1.807, 2.05) is 30.3 Å². The van der Waals surface area contributed by atoms with E-state index in [1.54, 1.807) is 36.5 Å². The third-order valence-corrected chi connectivity index (χ3v) is 3.83. The summed E-state index contributed by atoms with van der Waals surface area (Å²) in [7, 11) is 0. The van der Waals surface area contributed by atoms with E-state index in [9.17, 15) is 9.59 Å². The van der Waals surface area contributed by atoms with Crippen molar-refractivity contribution >= 4 is 40.4 Å². The van der Waals surface area contributed by atoms with Crippen LogP contribution < -0.4 is 10.9 Å². The van der Waals surface area contributed by atoms with Crippen LogP contribution >= 0.6 is 11.6 Å². The molecule has 0 radical (unpaired) electrons. The van der Waals surface area contributed by atoms with E-state index in [0.717, 1.165) is 16.5 Å². The maximum absolute atomic E-state index is 12.0. The maximum atomic E-state index is 12.0. The highest BCUT2D eigenvalue weighted by atomic mass is 35.5. The summed E-state index contributed by atoms with van der Waals surface area (Å²) in [6.07, 6.45) is 4.67. The van der Waals surface area contributed by atoms with Gasteiger partial charge in [-0.05, 0) is 24.3 Å². The van der Waals surface area contributed by atoms with Crippen LogP contribution in [0.5, 0.6) is 0 Å². The van der Waals surface area contributed by atoms with E-state index in [1.165, 1.54) is 6.08 Å². The van der Waals surface area contributed by atoms with Crippen LogP contribution in [0.15, 0.2) is 66.9 Å². The summed E-state index contributed by atoms with van der Waals surface area (Å²) < 4.78 is 0. The summed E-state index contributed by atoms with van der Waals surface area (Å²) in [5.74, 6) is -0.951. The number of nitrogens with one attached hydrogen (secondary N) is 2. The third-order valence-electron chi connectivity index (χ3n) is 3.50. The first-order valence-electron chi connectivity index (χ1n) is 7.52. The largest absolute Gasteiger partial charge is 0.271 e. The van der Waals surface area contributed by atoms with Gasteiger partial charge in [0.2, 0.25) is 0 Å². The van der Waals surface area contributed by atoms with Gasteiger partial charge in [-0.1, -0.05) is 48.0 Å². The lowest BCUT2D eigenvalue weighted by Crippen LogP contribution is -2.40. The number of para-hydroxylation sites is 1. The molecule has 3 rings (SSSR count). The molecule has 0 saturated carbocycles. The molecule has 25 heavy (non-hydrogen) atoms. The van der Waals surface area contributed by atoms with Gasteiger partial charge in [0.05, 0.1) is 16.1 Å². The van der Waals surface area contributed by atoms with E-state index < -0.39 is 11.8 Å². The second-order valence-corrected chi connectivity index (χ2v) is 5.59. The number of hydrogen-bond acceptors (Lipinski definition) is 3. The molecular formula is C19H14ClN3O2. The number of halogens is 1. The minimum atomic E-state index is -0.487. The van der Waals surface area contributed by atoms with Gasteiger partial charge in [0.15, 0.2) is 0 Å². The van der Waals surface area contributed by atoms with Crippen molar-refractivity contribution in [1.82, 2.24) is 15.8 Å². The second-order valence-electron chi connectivity index (χ2n) is 5.18. The van der Waals surface area contributed by atoms with Crippen molar-refractivity contribution in [3.05, 3.63) is 83.0 Å². The topological polar surface area (TPSA) is 71.1 Å². The van der Waals surface area contributed by atoms with Crippen LogP contribution in [0.25, 0.3) is 17.0 Å². The molecule has 2 N–H and O–H groups in total.